The summed E-state index contributed by atoms with van der Waals surface area (Å²) in [5, 5.41) is 20.9. The summed E-state index contributed by atoms with van der Waals surface area (Å²) in [7, 11) is 0. The average molecular weight is 267 g/mol. The van der Waals surface area contributed by atoms with Crippen LogP contribution in [0.25, 0.3) is 17.2 Å². The highest BCUT2D eigenvalue weighted by Gasteiger charge is 2.09. The first-order chi connectivity index (χ1) is 9.74. The third-order valence-electron chi connectivity index (χ3n) is 2.65. The SMILES string of the molecule is O=C(O)c1ccc(-n2nnc(-c3ccccc3)n2)nc1. The summed E-state index contributed by atoms with van der Waals surface area (Å²) in [6, 6.07) is 12.4. The van der Waals surface area contributed by atoms with E-state index >= 15 is 0 Å². The van der Waals surface area contributed by atoms with Gasteiger partial charge in [-0.2, -0.15) is 0 Å². The van der Waals surface area contributed by atoms with Crippen molar-refractivity contribution in [2.75, 3.05) is 0 Å². The Bertz CT molecular complexity index is 737. The molecule has 0 radical (unpaired) electrons. The predicted octanol–water partition coefficient (Wildman–Crippen LogP) is 1.42. The first-order valence-corrected chi connectivity index (χ1v) is 5.79. The lowest BCUT2D eigenvalue weighted by atomic mass is 10.2. The van der Waals surface area contributed by atoms with Crippen LogP contribution in [0.4, 0.5) is 0 Å². The Balaban J connectivity index is 1.92. The van der Waals surface area contributed by atoms with E-state index in [9.17, 15) is 4.79 Å². The molecule has 0 saturated carbocycles. The van der Waals surface area contributed by atoms with Crippen molar-refractivity contribution < 1.29 is 9.90 Å². The topological polar surface area (TPSA) is 93.8 Å². The van der Waals surface area contributed by atoms with Crippen LogP contribution in [-0.2, 0) is 0 Å². The molecule has 3 rings (SSSR count). The Hall–Kier alpha value is -3.09. The molecule has 20 heavy (non-hydrogen) atoms. The predicted molar refractivity (Wildman–Crippen MR) is 69.3 cm³/mol. The molecule has 7 nitrogen and oxygen atoms in total. The standard InChI is InChI=1S/C13H9N5O2/c19-13(20)10-6-7-11(14-8-10)18-16-12(15-17-18)9-4-2-1-3-5-9/h1-8H,(H,19,20). The van der Waals surface area contributed by atoms with Crippen molar-refractivity contribution in [2.45, 2.75) is 0 Å². The number of benzene rings is 1. The highest BCUT2D eigenvalue weighted by molar-refractivity contribution is 5.87. The van der Waals surface area contributed by atoms with E-state index in [1.165, 1.54) is 23.1 Å². The van der Waals surface area contributed by atoms with Crippen molar-refractivity contribution in [3.05, 3.63) is 54.2 Å². The van der Waals surface area contributed by atoms with Crippen molar-refractivity contribution in [2.24, 2.45) is 0 Å². The molecule has 1 N–H and O–H groups in total. The van der Waals surface area contributed by atoms with Gasteiger partial charge in [0, 0.05) is 11.8 Å². The van der Waals surface area contributed by atoms with Gasteiger partial charge in [0.2, 0.25) is 5.82 Å². The molecule has 0 spiro atoms. The van der Waals surface area contributed by atoms with Gasteiger partial charge in [-0.3, -0.25) is 0 Å². The second-order valence-corrected chi connectivity index (χ2v) is 3.98. The first kappa shape index (κ1) is 12.0. The monoisotopic (exact) mass is 267 g/mol. The smallest absolute Gasteiger partial charge is 0.337 e. The molecule has 2 heterocycles. The fraction of sp³-hybridized carbons (Fsp3) is 0. The van der Waals surface area contributed by atoms with Crippen LogP contribution >= 0.6 is 0 Å². The highest BCUT2D eigenvalue weighted by Crippen LogP contribution is 2.13. The Morgan fingerprint density at radius 1 is 1.10 bits per heavy atom. The molecule has 3 aromatic rings. The van der Waals surface area contributed by atoms with Crippen molar-refractivity contribution in [3.63, 3.8) is 0 Å². The van der Waals surface area contributed by atoms with E-state index in [-0.39, 0.29) is 5.56 Å². The largest absolute Gasteiger partial charge is 0.478 e. The number of aromatic carboxylic acids is 1. The zero-order valence-corrected chi connectivity index (χ0v) is 10.2. The molecular weight excluding hydrogens is 258 g/mol. The second-order valence-electron chi connectivity index (χ2n) is 3.98. The highest BCUT2D eigenvalue weighted by atomic mass is 16.4. The van der Waals surface area contributed by atoms with Crippen LogP contribution in [0.1, 0.15) is 10.4 Å². The average Bonchev–Trinajstić information content (AvgIpc) is 2.98. The van der Waals surface area contributed by atoms with Crippen molar-refractivity contribution in [1.82, 2.24) is 25.2 Å². The Morgan fingerprint density at radius 2 is 1.90 bits per heavy atom. The Labute approximate surface area is 113 Å². The number of hydrogen-bond acceptors (Lipinski definition) is 5. The van der Waals surface area contributed by atoms with Crippen molar-refractivity contribution in [1.29, 1.82) is 0 Å². The molecule has 0 unspecified atom stereocenters. The number of rotatable bonds is 3. The quantitative estimate of drug-likeness (QED) is 0.771. The van der Waals surface area contributed by atoms with Crippen LogP contribution in [0.3, 0.4) is 0 Å². The van der Waals surface area contributed by atoms with Gasteiger partial charge in [0.25, 0.3) is 0 Å². The molecule has 0 saturated heterocycles. The molecule has 0 aliphatic rings. The summed E-state index contributed by atoms with van der Waals surface area (Å²) >= 11 is 0. The summed E-state index contributed by atoms with van der Waals surface area (Å²) < 4.78 is 0. The van der Waals surface area contributed by atoms with Crippen LogP contribution in [0.15, 0.2) is 48.7 Å². The van der Waals surface area contributed by atoms with Gasteiger partial charge in [-0.15, -0.1) is 15.0 Å². The summed E-state index contributed by atoms with van der Waals surface area (Å²) in [5.41, 5.74) is 0.957. The van der Waals surface area contributed by atoms with E-state index in [0.717, 1.165) is 5.56 Å². The van der Waals surface area contributed by atoms with Crippen molar-refractivity contribution >= 4 is 5.97 Å². The van der Waals surface area contributed by atoms with E-state index in [1.807, 2.05) is 30.3 Å². The van der Waals surface area contributed by atoms with E-state index < -0.39 is 5.97 Å². The number of carboxylic acids is 1. The van der Waals surface area contributed by atoms with E-state index in [0.29, 0.717) is 11.6 Å². The van der Waals surface area contributed by atoms with Crippen LogP contribution < -0.4 is 0 Å². The van der Waals surface area contributed by atoms with Gasteiger partial charge in [-0.1, -0.05) is 30.3 Å². The number of hydrogen-bond donors (Lipinski definition) is 1. The van der Waals surface area contributed by atoms with E-state index in [2.05, 4.69) is 20.4 Å². The maximum atomic E-state index is 10.7. The molecule has 0 fully saturated rings. The zero-order valence-electron chi connectivity index (χ0n) is 10.2. The summed E-state index contributed by atoms with van der Waals surface area (Å²) in [4.78, 5) is 16.0. The first-order valence-electron chi connectivity index (χ1n) is 5.79. The van der Waals surface area contributed by atoms with Gasteiger partial charge in [0.05, 0.1) is 5.56 Å². The normalized spacial score (nSPS) is 10.4. The summed E-state index contributed by atoms with van der Waals surface area (Å²) in [6.07, 6.45) is 1.25. The van der Waals surface area contributed by atoms with Crippen LogP contribution in [-0.4, -0.2) is 36.3 Å². The fourth-order valence-electron chi connectivity index (χ4n) is 1.65. The third-order valence-corrected chi connectivity index (χ3v) is 2.65. The summed E-state index contributed by atoms with van der Waals surface area (Å²) in [5.74, 6) is -0.139. The van der Waals surface area contributed by atoms with Gasteiger partial charge in [-0.25, -0.2) is 9.78 Å². The Kier molecular flexibility index (Phi) is 2.92. The summed E-state index contributed by atoms with van der Waals surface area (Å²) in [6.45, 7) is 0. The maximum Gasteiger partial charge on any atom is 0.337 e. The van der Waals surface area contributed by atoms with Gasteiger partial charge >= 0.3 is 5.97 Å². The molecule has 0 aliphatic heterocycles. The lowest BCUT2D eigenvalue weighted by Crippen LogP contribution is -2.04. The fourth-order valence-corrected chi connectivity index (χ4v) is 1.65. The molecule has 1 aromatic carbocycles. The molecule has 0 amide bonds. The minimum absolute atomic E-state index is 0.108. The van der Waals surface area contributed by atoms with Gasteiger partial charge in [-0.05, 0) is 17.3 Å². The maximum absolute atomic E-state index is 10.7. The second kappa shape index (κ2) is 4.88. The molecule has 0 aliphatic carbocycles. The molecular formula is C13H9N5O2. The van der Waals surface area contributed by atoms with E-state index in [1.54, 1.807) is 0 Å². The molecule has 98 valence electrons. The number of carbonyl (C=O) groups is 1. The number of tetrazole rings is 1. The third kappa shape index (κ3) is 2.24. The minimum atomic E-state index is -1.03. The Morgan fingerprint density at radius 3 is 2.55 bits per heavy atom. The van der Waals surface area contributed by atoms with Crippen LogP contribution in [0.2, 0.25) is 0 Å². The minimum Gasteiger partial charge on any atom is -0.478 e. The van der Waals surface area contributed by atoms with Gasteiger partial charge in [0.1, 0.15) is 0 Å². The molecule has 2 aromatic heterocycles. The molecule has 7 heteroatoms. The van der Waals surface area contributed by atoms with Crippen LogP contribution in [0.5, 0.6) is 0 Å². The number of aromatic nitrogens is 5. The van der Waals surface area contributed by atoms with E-state index in [4.69, 9.17) is 5.11 Å². The number of nitrogens with zero attached hydrogens (tertiary/aromatic N) is 5. The molecule has 0 atom stereocenters. The van der Waals surface area contributed by atoms with Gasteiger partial charge in [0.15, 0.2) is 5.82 Å². The number of carboxylic acid groups (broad SMARTS) is 1. The molecule has 0 bridgehead atoms. The number of pyridine rings is 1. The lowest BCUT2D eigenvalue weighted by molar-refractivity contribution is 0.0696. The van der Waals surface area contributed by atoms with Crippen molar-refractivity contribution in [3.8, 4) is 17.2 Å². The van der Waals surface area contributed by atoms with Gasteiger partial charge < -0.3 is 5.11 Å². The lowest BCUT2D eigenvalue weighted by Gasteiger charge is -1.97. The zero-order chi connectivity index (χ0) is 13.9. The van der Waals surface area contributed by atoms with Crippen LogP contribution in [0, 0.1) is 0 Å².